The van der Waals surface area contributed by atoms with Crippen LogP contribution in [-0.4, -0.2) is 66.6 Å². The van der Waals surface area contributed by atoms with Gasteiger partial charge in [0, 0.05) is 19.6 Å². The molecule has 0 spiro atoms. The number of nitrogens with zero attached hydrogens (tertiary/aromatic N) is 1. The van der Waals surface area contributed by atoms with E-state index in [1.165, 1.54) is 4.31 Å². The van der Waals surface area contributed by atoms with E-state index in [0.717, 1.165) is 11.8 Å². The minimum atomic E-state index is -3.11. The molecule has 2 N–H and O–H groups in total. The van der Waals surface area contributed by atoms with Crippen LogP contribution in [0.1, 0.15) is 6.42 Å². The molecule has 1 saturated heterocycles. The molecule has 0 aromatic rings. The number of hydrogen-bond acceptors (Lipinski definition) is 5. The highest BCUT2D eigenvalue weighted by Crippen LogP contribution is 2.11. The van der Waals surface area contributed by atoms with Crippen LogP contribution in [0.4, 0.5) is 0 Å². The van der Waals surface area contributed by atoms with E-state index in [2.05, 4.69) is 5.32 Å². The maximum atomic E-state index is 11.4. The smallest absolute Gasteiger partial charge is 0.313 e. The Hall–Kier alpha value is -0.800. The Morgan fingerprint density at radius 1 is 1.33 bits per heavy atom. The zero-order valence-electron chi connectivity index (χ0n) is 9.79. The topological polar surface area (TPSA) is 104 Å². The normalized spacial score (nSPS) is 18.7. The van der Waals surface area contributed by atoms with Crippen LogP contribution < -0.4 is 5.32 Å². The lowest BCUT2D eigenvalue weighted by molar-refractivity contribution is -0.133. The number of rotatable bonds is 7. The summed E-state index contributed by atoms with van der Waals surface area (Å²) >= 11 is 1.01. The van der Waals surface area contributed by atoms with Crippen molar-refractivity contribution in [2.45, 2.75) is 6.42 Å². The summed E-state index contributed by atoms with van der Waals surface area (Å²) in [5.41, 5.74) is 0. The second kappa shape index (κ2) is 6.95. The molecule has 0 bridgehead atoms. The van der Waals surface area contributed by atoms with Crippen molar-refractivity contribution >= 4 is 33.7 Å². The van der Waals surface area contributed by atoms with Gasteiger partial charge in [-0.05, 0) is 6.42 Å². The van der Waals surface area contributed by atoms with Crippen LogP contribution in [0.2, 0.25) is 0 Å². The highest BCUT2D eigenvalue weighted by molar-refractivity contribution is 8.00. The molecule has 9 heteroatoms. The average Bonchev–Trinajstić information content (AvgIpc) is 2.58. The Balaban J connectivity index is 2.14. The summed E-state index contributed by atoms with van der Waals surface area (Å²) in [4.78, 5) is 21.5. The van der Waals surface area contributed by atoms with E-state index in [9.17, 15) is 18.0 Å². The van der Waals surface area contributed by atoms with Gasteiger partial charge in [-0.25, -0.2) is 12.7 Å². The van der Waals surface area contributed by atoms with E-state index in [1.807, 2.05) is 0 Å². The van der Waals surface area contributed by atoms with Crippen LogP contribution in [-0.2, 0) is 19.6 Å². The minimum Gasteiger partial charge on any atom is -0.481 e. The first-order valence-corrected chi connectivity index (χ1v) is 8.22. The SMILES string of the molecule is O=C(O)CSCC(=O)NCCN1CCCS1(=O)=O. The van der Waals surface area contributed by atoms with Crippen LogP contribution in [0.5, 0.6) is 0 Å². The second-order valence-electron chi connectivity index (χ2n) is 3.81. The molecule has 1 amide bonds. The molecule has 0 aromatic heterocycles. The number of aliphatic carboxylic acids is 1. The van der Waals surface area contributed by atoms with Gasteiger partial charge in [0.05, 0.1) is 17.3 Å². The number of hydrogen-bond donors (Lipinski definition) is 2. The van der Waals surface area contributed by atoms with Crippen LogP contribution in [0.3, 0.4) is 0 Å². The Kier molecular flexibility index (Phi) is 5.89. The average molecular weight is 296 g/mol. The van der Waals surface area contributed by atoms with Crippen LogP contribution in [0.15, 0.2) is 0 Å². The summed E-state index contributed by atoms with van der Waals surface area (Å²) < 4.78 is 24.2. The van der Waals surface area contributed by atoms with Crippen LogP contribution in [0, 0.1) is 0 Å². The molecule has 0 aromatic carbocycles. The first-order valence-electron chi connectivity index (χ1n) is 5.46. The highest BCUT2D eigenvalue weighted by atomic mass is 32.2. The molecule has 7 nitrogen and oxygen atoms in total. The first-order chi connectivity index (χ1) is 8.42. The van der Waals surface area contributed by atoms with E-state index < -0.39 is 16.0 Å². The molecule has 1 rings (SSSR count). The number of carboxylic acid groups (broad SMARTS) is 1. The molecule has 0 saturated carbocycles. The van der Waals surface area contributed by atoms with E-state index >= 15 is 0 Å². The molecule has 18 heavy (non-hydrogen) atoms. The van der Waals surface area contributed by atoms with Crippen molar-refractivity contribution in [1.82, 2.24) is 9.62 Å². The third-order valence-electron chi connectivity index (χ3n) is 2.35. The van der Waals surface area contributed by atoms with Gasteiger partial charge in [-0.3, -0.25) is 9.59 Å². The van der Waals surface area contributed by atoms with Gasteiger partial charge in [0.1, 0.15) is 0 Å². The summed E-state index contributed by atoms with van der Waals surface area (Å²) in [7, 11) is -3.11. The minimum absolute atomic E-state index is 0.0685. The van der Waals surface area contributed by atoms with Gasteiger partial charge in [0.15, 0.2) is 0 Å². The molecule has 1 heterocycles. The fourth-order valence-electron chi connectivity index (χ4n) is 1.54. The van der Waals surface area contributed by atoms with Gasteiger partial charge in [-0.15, -0.1) is 11.8 Å². The summed E-state index contributed by atoms with van der Waals surface area (Å²) in [6.07, 6.45) is 0.630. The molecule has 1 aliphatic heterocycles. The molecule has 0 atom stereocenters. The maximum absolute atomic E-state index is 11.4. The predicted octanol–water partition coefficient (Wildman–Crippen LogP) is -1.04. The molecule has 1 aliphatic rings. The Morgan fingerprint density at radius 3 is 2.61 bits per heavy atom. The molecule has 1 fully saturated rings. The molecule has 0 unspecified atom stereocenters. The quantitative estimate of drug-likeness (QED) is 0.622. The van der Waals surface area contributed by atoms with Gasteiger partial charge in [-0.1, -0.05) is 0 Å². The predicted molar refractivity (Wildman–Crippen MR) is 67.9 cm³/mol. The lowest BCUT2D eigenvalue weighted by Gasteiger charge is -2.14. The Bertz CT molecular complexity index is 409. The summed E-state index contributed by atoms with van der Waals surface area (Å²) in [5, 5.41) is 10.9. The number of amides is 1. The number of sulfonamides is 1. The van der Waals surface area contributed by atoms with Crippen LogP contribution in [0.25, 0.3) is 0 Å². The third-order valence-corrected chi connectivity index (χ3v) is 5.22. The molecule has 0 aliphatic carbocycles. The van der Waals surface area contributed by atoms with Gasteiger partial charge in [-0.2, -0.15) is 0 Å². The lowest BCUT2D eigenvalue weighted by atomic mass is 10.4. The molecule has 104 valence electrons. The van der Waals surface area contributed by atoms with Gasteiger partial charge >= 0.3 is 5.97 Å². The lowest BCUT2D eigenvalue weighted by Crippen LogP contribution is -2.36. The number of thioether (sulfide) groups is 1. The molecular formula is C9H16N2O5S2. The fraction of sp³-hybridized carbons (Fsp3) is 0.778. The molecule has 0 radical (unpaired) electrons. The zero-order valence-corrected chi connectivity index (χ0v) is 11.4. The van der Waals surface area contributed by atoms with E-state index in [4.69, 9.17) is 5.11 Å². The fourth-order valence-corrected chi connectivity index (χ4v) is 3.64. The van der Waals surface area contributed by atoms with Gasteiger partial charge < -0.3 is 10.4 Å². The molecular weight excluding hydrogens is 280 g/mol. The summed E-state index contributed by atoms with van der Waals surface area (Å²) in [6, 6.07) is 0. The highest BCUT2D eigenvalue weighted by Gasteiger charge is 2.27. The van der Waals surface area contributed by atoms with Crippen molar-refractivity contribution in [2.24, 2.45) is 0 Å². The largest absolute Gasteiger partial charge is 0.481 e. The first kappa shape index (κ1) is 15.3. The van der Waals surface area contributed by atoms with Gasteiger partial charge in [0.2, 0.25) is 15.9 Å². The zero-order chi connectivity index (χ0) is 13.6. The van der Waals surface area contributed by atoms with E-state index in [1.54, 1.807) is 0 Å². The van der Waals surface area contributed by atoms with E-state index in [-0.39, 0.29) is 36.3 Å². The summed E-state index contributed by atoms with van der Waals surface area (Å²) in [6.45, 7) is 1.04. The monoisotopic (exact) mass is 296 g/mol. The van der Waals surface area contributed by atoms with Crippen LogP contribution >= 0.6 is 11.8 Å². The van der Waals surface area contributed by atoms with Gasteiger partial charge in [0.25, 0.3) is 0 Å². The Labute approximate surface area is 110 Å². The van der Waals surface area contributed by atoms with Crippen molar-refractivity contribution < 1.29 is 23.1 Å². The van der Waals surface area contributed by atoms with Crippen molar-refractivity contribution in [3.8, 4) is 0 Å². The van der Waals surface area contributed by atoms with Crippen molar-refractivity contribution in [2.75, 3.05) is 36.9 Å². The number of carbonyl (C=O) groups excluding carboxylic acids is 1. The second-order valence-corrected chi connectivity index (χ2v) is 6.88. The number of nitrogens with one attached hydrogen (secondary N) is 1. The standard InChI is InChI=1S/C9H16N2O5S2/c12-8(6-17-7-9(13)14)10-2-4-11-3-1-5-18(11,15)16/h1-7H2,(H,10,12)(H,13,14). The third kappa shape index (κ3) is 5.23. The van der Waals surface area contributed by atoms with E-state index in [0.29, 0.717) is 13.0 Å². The van der Waals surface area contributed by atoms with Crippen molar-refractivity contribution in [3.63, 3.8) is 0 Å². The summed E-state index contributed by atoms with van der Waals surface area (Å²) in [5.74, 6) is -1.11. The Morgan fingerprint density at radius 2 is 2.06 bits per heavy atom. The number of carbonyl (C=O) groups is 2. The maximum Gasteiger partial charge on any atom is 0.313 e. The number of carboxylic acids is 1. The van der Waals surface area contributed by atoms with Crippen molar-refractivity contribution in [3.05, 3.63) is 0 Å². The van der Waals surface area contributed by atoms with Crippen molar-refractivity contribution in [1.29, 1.82) is 0 Å².